The van der Waals surface area contributed by atoms with Crippen LogP contribution in [0.25, 0.3) is 0 Å². The number of rotatable bonds is 2. The van der Waals surface area contributed by atoms with Gasteiger partial charge in [-0.05, 0) is 29.9 Å². The zero-order valence-corrected chi connectivity index (χ0v) is 9.23. The molecule has 1 saturated heterocycles. The van der Waals surface area contributed by atoms with Gasteiger partial charge in [0.05, 0.1) is 7.11 Å². The fourth-order valence-corrected chi connectivity index (χ4v) is 1.73. The fourth-order valence-electron chi connectivity index (χ4n) is 1.51. The highest BCUT2D eigenvalue weighted by molar-refractivity contribution is 7.80. The zero-order valence-electron chi connectivity index (χ0n) is 8.41. The van der Waals surface area contributed by atoms with Crippen molar-refractivity contribution >= 4 is 23.2 Å². The molecule has 16 heavy (non-hydrogen) atoms. The number of thiocarbonyl (C=S) groups is 1. The van der Waals surface area contributed by atoms with E-state index in [4.69, 9.17) is 17.0 Å². The van der Waals surface area contributed by atoms with E-state index in [1.54, 1.807) is 6.07 Å². The summed E-state index contributed by atoms with van der Waals surface area (Å²) in [7, 11) is 1.38. The molecule has 1 aromatic rings. The van der Waals surface area contributed by atoms with Gasteiger partial charge in [-0.1, -0.05) is 6.07 Å². The third kappa shape index (κ3) is 1.83. The number of hydrogen-bond acceptors (Lipinski definition) is 3. The molecule has 4 nitrogen and oxygen atoms in total. The number of carbonyl (C=O) groups excluding carboxylic acids is 1. The minimum Gasteiger partial charge on any atom is -0.494 e. The fraction of sp³-hybridized carbons (Fsp3) is 0.200. The van der Waals surface area contributed by atoms with E-state index in [0.29, 0.717) is 5.56 Å². The van der Waals surface area contributed by atoms with Gasteiger partial charge in [0.15, 0.2) is 16.7 Å². The second-order valence-electron chi connectivity index (χ2n) is 3.29. The lowest BCUT2D eigenvalue weighted by molar-refractivity contribution is -0.120. The van der Waals surface area contributed by atoms with Gasteiger partial charge in [0, 0.05) is 0 Å². The van der Waals surface area contributed by atoms with Gasteiger partial charge >= 0.3 is 0 Å². The van der Waals surface area contributed by atoms with E-state index in [0.717, 1.165) is 0 Å². The average Bonchev–Trinajstić information content (AvgIpc) is 2.58. The quantitative estimate of drug-likeness (QED) is 0.753. The Kier molecular flexibility index (Phi) is 2.74. The molecule has 0 bridgehead atoms. The van der Waals surface area contributed by atoms with Crippen molar-refractivity contribution in [2.24, 2.45) is 0 Å². The van der Waals surface area contributed by atoms with Crippen molar-refractivity contribution in [3.8, 4) is 5.75 Å². The molecule has 0 radical (unpaired) electrons. The third-order valence-electron chi connectivity index (χ3n) is 2.28. The third-order valence-corrected chi connectivity index (χ3v) is 2.50. The van der Waals surface area contributed by atoms with Gasteiger partial charge in [-0.15, -0.1) is 0 Å². The Morgan fingerprint density at radius 2 is 2.25 bits per heavy atom. The molecule has 1 aliphatic rings. The van der Waals surface area contributed by atoms with Gasteiger partial charge in [-0.3, -0.25) is 4.79 Å². The summed E-state index contributed by atoms with van der Waals surface area (Å²) < 4.78 is 18.2. The lowest BCUT2D eigenvalue weighted by Gasteiger charge is -2.09. The summed E-state index contributed by atoms with van der Waals surface area (Å²) in [6.07, 6.45) is 0. The SMILES string of the molecule is COc1ccc(C2NC(=S)NC2=O)cc1F. The van der Waals surface area contributed by atoms with Crippen LogP contribution in [0.15, 0.2) is 18.2 Å². The highest BCUT2D eigenvalue weighted by Gasteiger charge is 2.29. The molecule has 0 aromatic heterocycles. The van der Waals surface area contributed by atoms with Crippen LogP contribution in [0.3, 0.4) is 0 Å². The first-order valence-electron chi connectivity index (χ1n) is 4.56. The van der Waals surface area contributed by atoms with E-state index >= 15 is 0 Å². The van der Waals surface area contributed by atoms with E-state index in [1.807, 2.05) is 0 Å². The smallest absolute Gasteiger partial charge is 0.253 e. The monoisotopic (exact) mass is 240 g/mol. The molecule has 1 fully saturated rings. The Balaban J connectivity index is 2.31. The number of nitrogens with one attached hydrogen (secondary N) is 2. The van der Waals surface area contributed by atoms with Gasteiger partial charge < -0.3 is 15.4 Å². The predicted molar refractivity (Wildman–Crippen MR) is 59.6 cm³/mol. The summed E-state index contributed by atoms with van der Waals surface area (Å²) in [5.41, 5.74) is 0.510. The molecule has 1 heterocycles. The van der Waals surface area contributed by atoms with Crippen LogP contribution in [-0.2, 0) is 4.79 Å². The molecule has 2 rings (SSSR count). The van der Waals surface area contributed by atoms with Crippen LogP contribution in [0.5, 0.6) is 5.75 Å². The molecule has 1 unspecified atom stereocenters. The lowest BCUT2D eigenvalue weighted by Crippen LogP contribution is -2.21. The predicted octanol–water partition coefficient (Wildman–Crippen LogP) is 0.880. The van der Waals surface area contributed by atoms with Crippen molar-refractivity contribution in [1.29, 1.82) is 0 Å². The molecule has 1 atom stereocenters. The Labute approximate surface area is 96.8 Å². The largest absolute Gasteiger partial charge is 0.494 e. The maximum Gasteiger partial charge on any atom is 0.253 e. The molecule has 2 N–H and O–H groups in total. The maximum absolute atomic E-state index is 13.4. The summed E-state index contributed by atoms with van der Waals surface area (Å²) in [5, 5.41) is 5.44. The van der Waals surface area contributed by atoms with Crippen LogP contribution in [0, 0.1) is 5.82 Å². The normalized spacial score (nSPS) is 19.2. The molecule has 6 heteroatoms. The Bertz CT molecular complexity index is 464. The van der Waals surface area contributed by atoms with E-state index in [9.17, 15) is 9.18 Å². The average molecular weight is 240 g/mol. The highest BCUT2D eigenvalue weighted by atomic mass is 32.1. The van der Waals surface area contributed by atoms with Gasteiger partial charge in [0.2, 0.25) is 0 Å². The second kappa shape index (κ2) is 4.05. The minimum absolute atomic E-state index is 0.143. The first kappa shape index (κ1) is 10.8. The van der Waals surface area contributed by atoms with Crippen molar-refractivity contribution in [3.05, 3.63) is 29.6 Å². The molecule has 1 amide bonds. The lowest BCUT2D eigenvalue weighted by atomic mass is 10.1. The maximum atomic E-state index is 13.4. The number of ether oxygens (including phenoxy) is 1. The van der Waals surface area contributed by atoms with E-state index in [1.165, 1.54) is 19.2 Å². The molecular formula is C10H9FN2O2S. The van der Waals surface area contributed by atoms with Gasteiger partial charge in [0.25, 0.3) is 5.91 Å². The Morgan fingerprint density at radius 3 is 2.75 bits per heavy atom. The van der Waals surface area contributed by atoms with Crippen LogP contribution in [0.1, 0.15) is 11.6 Å². The molecule has 1 aromatic carbocycles. The van der Waals surface area contributed by atoms with E-state index < -0.39 is 11.9 Å². The number of hydrogen-bond donors (Lipinski definition) is 2. The summed E-state index contributed by atoms with van der Waals surface area (Å²) in [4.78, 5) is 11.4. The molecule has 1 aliphatic heterocycles. The first-order valence-corrected chi connectivity index (χ1v) is 4.97. The minimum atomic E-state index is -0.632. The van der Waals surface area contributed by atoms with E-state index in [2.05, 4.69) is 10.6 Å². The highest BCUT2D eigenvalue weighted by Crippen LogP contribution is 2.23. The van der Waals surface area contributed by atoms with Crippen molar-refractivity contribution in [2.45, 2.75) is 6.04 Å². The van der Waals surface area contributed by atoms with Crippen molar-refractivity contribution < 1.29 is 13.9 Å². The molecule has 0 saturated carbocycles. The van der Waals surface area contributed by atoms with Crippen LogP contribution in [-0.4, -0.2) is 18.1 Å². The Hall–Kier alpha value is -1.69. The second-order valence-corrected chi connectivity index (χ2v) is 3.70. The number of methoxy groups -OCH3 is 1. The standard InChI is InChI=1S/C10H9FN2O2S/c1-15-7-3-2-5(4-6(7)11)8-9(14)13-10(16)12-8/h2-4,8H,1H3,(H2,12,13,14,16). The van der Waals surface area contributed by atoms with Crippen LogP contribution in [0.4, 0.5) is 4.39 Å². The Morgan fingerprint density at radius 1 is 1.50 bits per heavy atom. The van der Waals surface area contributed by atoms with Gasteiger partial charge in [-0.25, -0.2) is 4.39 Å². The summed E-state index contributed by atoms with van der Waals surface area (Å²) >= 11 is 4.79. The molecule has 0 aliphatic carbocycles. The van der Waals surface area contributed by atoms with Crippen molar-refractivity contribution in [2.75, 3.05) is 7.11 Å². The summed E-state index contributed by atoms with van der Waals surface area (Å²) in [6.45, 7) is 0. The summed E-state index contributed by atoms with van der Waals surface area (Å²) in [6, 6.07) is 3.71. The number of amides is 1. The van der Waals surface area contributed by atoms with E-state index in [-0.39, 0.29) is 16.8 Å². The van der Waals surface area contributed by atoms with Crippen LogP contribution in [0.2, 0.25) is 0 Å². The van der Waals surface area contributed by atoms with Crippen molar-refractivity contribution in [1.82, 2.24) is 10.6 Å². The van der Waals surface area contributed by atoms with Crippen LogP contribution >= 0.6 is 12.2 Å². The first-order chi connectivity index (χ1) is 7.61. The topological polar surface area (TPSA) is 50.4 Å². The number of halogens is 1. The molecular weight excluding hydrogens is 231 g/mol. The number of benzene rings is 1. The number of carbonyl (C=O) groups is 1. The van der Waals surface area contributed by atoms with Crippen LogP contribution < -0.4 is 15.4 Å². The van der Waals surface area contributed by atoms with Crippen molar-refractivity contribution in [3.63, 3.8) is 0 Å². The zero-order chi connectivity index (χ0) is 11.7. The molecule has 84 valence electrons. The van der Waals surface area contributed by atoms with Gasteiger partial charge in [-0.2, -0.15) is 0 Å². The summed E-state index contributed by atoms with van der Waals surface area (Å²) in [5.74, 6) is -0.647. The molecule has 0 spiro atoms. The van der Waals surface area contributed by atoms with Gasteiger partial charge in [0.1, 0.15) is 6.04 Å².